The van der Waals surface area contributed by atoms with Crippen molar-refractivity contribution >= 4 is 17.0 Å². The van der Waals surface area contributed by atoms with Crippen molar-refractivity contribution in [3.05, 3.63) is 16.8 Å². The van der Waals surface area contributed by atoms with Gasteiger partial charge in [-0.25, -0.2) is 9.78 Å². The van der Waals surface area contributed by atoms with Gasteiger partial charge in [-0.2, -0.15) is 4.98 Å². The topological polar surface area (TPSA) is 86.5 Å². The molecule has 2 rings (SSSR count). The second-order valence-electron chi connectivity index (χ2n) is 2.94. The number of nitrogens with zero attached hydrogens (tertiary/aromatic N) is 2. The Balaban J connectivity index is 2.50. The van der Waals surface area contributed by atoms with E-state index < -0.39 is 0 Å². The van der Waals surface area contributed by atoms with Gasteiger partial charge in [0, 0.05) is 6.54 Å². The number of hydrogen-bond donors (Lipinski definition) is 3. The molecule has 0 aliphatic carbocycles. The Morgan fingerprint density at radius 2 is 2.43 bits per heavy atom. The molecule has 0 bridgehead atoms. The van der Waals surface area contributed by atoms with E-state index in [-0.39, 0.29) is 5.69 Å². The Kier molecular flexibility index (Phi) is 2.18. The zero-order valence-electron chi connectivity index (χ0n) is 7.79. The van der Waals surface area contributed by atoms with Gasteiger partial charge in [-0.1, -0.05) is 6.92 Å². The fourth-order valence-corrected chi connectivity index (χ4v) is 1.23. The van der Waals surface area contributed by atoms with E-state index in [0.717, 1.165) is 18.5 Å². The summed E-state index contributed by atoms with van der Waals surface area (Å²) in [5, 5.41) is 3.06. The quantitative estimate of drug-likeness (QED) is 0.661. The maximum absolute atomic E-state index is 11.1. The highest BCUT2D eigenvalue weighted by Gasteiger charge is 2.05. The molecule has 0 unspecified atom stereocenters. The number of hydrogen-bond acceptors (Lipinski definition) is 4. The van der Waals surface area contributed by atoms with Gasteiger partial charge >= 0.3 is 5.69 Å². The number of aromatic amines is 2. The van der Waals surface area contributed by atoms with Gasteiger partial charge < -0.3 is 10.3 Å². The zero-order valence-corrected chi connectivity index (χ0v) is 7.79. The first kappa shape index (κ1) is 8.74. The lowest BCUT2D eigenvalue weighted by Gasteiger charge is -2.02. The minimum atomic E-state index is -0.386. The van der Waals surface area contributed by atoms with E-state index in [1.54, 1.807) is 0 Å². The second kappa shape index (κ2) is 3.49. The van der Waals surface area contributed by atoms with Crippen LogP contribution in [0.4, 0.5) is 5.82 Å². The summed E-state index contributed by atoms with van der Waals surface area (Å²) in [5.74, 6) is 0.558. The largest absolute Gasteiger partial charge is 0.368 e. The standard InChI is InChI=1S/C8H11N5O/c1-2-3-9-6-5-7(11-4-10-5)13-8(14)12-6/h4H,2-3H2,1H3,(H3,9,10,11,12,13,14). The molecule has 2 heterocycles. The maximum Gasteiger partial charge on any atom is 0.348 e. The van der Waals surface area contributed by atoms with E-state index in [4.69, 9.17) is 0 Å². The third-order valence-corrected chi connectivity index (χ3v) is 1.86. The molecule has 0 radical (unpaired) electrons. The number of H-pyrrole nitrogens is 2. The number of aromatic nitrogens is 4. The van der Waals surface area contributed by atoms with Gasteiger partial charge in [0.15, 0.2) is 11.5 Å². The van der Waals surface area contributed by atoms with Crippen LogP contribution in [0.2, 0.25) is 0 Å². The van der Waals surface area contributed by atoms with Crippen LogP contribution in [-0.2, 0) is 0 Å². The van der Waals surface area contributed by atoms with E-state index in [1.807, 2.05) is 6.92 Å². The molecule has 0 saturated heterocycles. The fourth-order valence-electron chi connectivity index (χ4n) is 1.23. The SMILES string of the molecule is CCCNc1nc(=O)[nH]c2nc[nH]c12. The third-order valence-electron chi connectivity index (χ3n) is 1.86. The average molecular weight is 193 g/mol. The van der Waals surface area contributed by atoms with E-state index in [9.17, 15) is 4.79 Å². The highest BCUT2D eigenvalue weighted by atomic mass is 16.1. The first-order chi connectivity index (χ1) is 6.81. The molecule has 2 aromatic rings. The molecule has 6 nitrogen and oxygen atoms in total. The van der Waals surface area contributed by atoms with Crippen molar-refractivity contribution in [1.82, 2.24) is 19.9 Å². The van der Waals surface area contributed by atoms with Crippen molar-refractivity contribution < 1.29 is 0 Å². The Bertz CT molecular complexity index is 486. The van der Waals surface area contributed by atoms with Crippen LogP contribution in [0, 0.1) is 0 Å². The van der Waals surface area contributed by atoms with Crippen LogP contribution < -0.4 is 11.0 Å². The molecule has 74 valence electrons. The van der Waals surface area contributed by atoms with E-state index in [2.05, 4.69) is 25.3 Å². The number of anilines is 1. The molecule has 0 aromatic carbocycles. The molecule has 0 atom stereocenters. The summed E-state index contributed by atoms with van der Waals surface area (Å²) < 4.78 is 0. The van der Waals surface area contributed by atoms with Crippen LogP contribution in [0.5, 0.6) is 0 Å². The summed E-state index contributed by atoms with van der Waals surface area (Å²) >= 11 is 0. The zero-order chi connectivity index (χ0) is 9.97. The number of rotatable bonds is 3. The number of nitrogens with one attached hydrogen (secondary N) is 3. The molecule has 0 aliphatic rings. The Morgan fingerprint density at radius 3 is 3.21 bits per heavy atom. The molecule has 0 fully saturated rings. The molecule has 3 N–H and O–H groups in total. The number of imidazole rings is 1. The van der Waals surface area contributed by atoms with Crippen LogP contribution in [-0.4, -0.2) is 26.5 Å². The molecular weight excluding hydrogens is 182 g/mol. The highest BCUT2D eigenvalue weighted by Crippen LogP contribution is 2.12. The molecule has 0 amide bonds. The molecule has 2 aromatic heterocycles. The van der Waals surface area contributed by atoms with Gasteiger partial charge in [0.05, 0.1) is 6.33 Å². The Hall–Kier alpha value is -1.85. The second-order valence-corrected chi connectivity index (χ2v) is 2.94. The Morgan fingerprint density at radius 1 is 1.57 bits per heavy atom. The lowest BCUT2D eigenvalue weighted by Crippen LogP contribution is -2.14. The number of fused-ring (bicyclic) bond motifs is 1. The summed E-state index contributed by atoms with van der Waals surface area (Å²) in [4.78, 5) is 24.3. The van der Waals surface area contributed by atoms with Crippen LogP contribution in [0.25, 0.3) is 11.2 Å². The van der Waals surface area contributed by atoms with E-state index >= 15 is 0 Å². The van der Waals surface area contributed by atoms with Crippen LogP contribution in [0.3, 0.4) is 0 Å². The van der Waals surface area contributed by atoms with Crippen molar-refractivity contribution in [2.24, 2.45) is 0 Å². The highest BCUT2D eigenvalue weighted by molar-refractivity contribution is 5.81. The van der Waals surface area contributed by atoms with Gasteiger partial charge in [0.1, 0.15) is 5.52 Å². The molecule has 0 saturated carbocycles. The molecule has 6 heteroatoms. The van der Waals surface area contributed by atoms with Gasteiger partial charge in [0.25, 0.3) is 0 Å². The predicted molar refractivity (Wildman–Crippen MR) is 53.3 cm³/mol. The van der Waals surface area contributed by atoms with Crippen molar-refractivity contribution in [3.63, 3.8) is 0 Å². The van der Waals surface area contributed by atoms with E-state index in [0.29, 0.717) is 11.5 Å². The molecule has 0 aliphatic heterocycles. The van der Waals surface area contributed by atoms with Crippen LogP contribution in [0.15, 0.2) is 11.1 Å². The first-order valence-corrected chi connectivity index (χ1v) is 4.48. The Labute approximate surface area is 79.8 Å². The molecule has 0 spiro atoms. The van der Waals surface area contributed by atoms with Crippen molar-refractivity contribution in [2.45, 2.75) is 13.3 Å². The lowest BCUT2D eigenvalue weighted by molar-refractivity contribution is 0.962. The average Bonchev–Trinajstić information content (AvgIpc) is 2.61. The van der Waals surface area contributed by atoms with Gasteiger partial charge in [-0.3, -0.25) is 4.98 Å². The van der Waals surface area contributed by atoms with Crippen molar-refractivity contribution in [2.75, 3.05) is 11.9 Å². The minimum Gasteiger partial charge on any atom is -0.368 e. The van der Waals surface area contributed by atoms with Crippen LogP contribution in [0.1, 0.15) is 13.3 Å². The first-order valence-electron chi connectivity index (χ1n) is 4.48. The smallest absolute Gasteiger partial charge is 0.348 e. The summed E-state index contributed by atoms with van der Waals surface area (Å²) in [7, 11) is 0. The fraction of sp³-hybridized carbons (Fsp3) is 0.375. The molecular formula is C8H11N5O. The summed E-state index contributed by atoms with van der Waals surface area (Å²) in [6, 6.07) is 0. The van der Waals surface area contributed by atoms with Crippen molar-refractivity contribution in [1.29, 1.82) is 0 Å². The monoisotopic (exact) mass is 193 g/mol. The van der Waals surface area contributed by atoms with Crippen molar-refractivity contribution in [3.8, 4) is 0 Å². The normalized spacial score (nSPS) is 10.6. The molecule has 14 heavy (non-hydrogen) atoms. The van der Waals surface area contributed by atoms with Gasteiger partial charge in [-0.15, -0.1) is 0 Å². The third kappa shape index (κ3) is 1.46. The van der Waals surface area contributed by atoms with Gasteiger partial charge in [0.2, 0.25) is 0 Å². The maximum atomic E-state index is 11.1. The summed E-state index contributed by atoms with van der Waals surface area (Å²) in [6.45, 7) is 2.83. The van der Waals surface area contributed by atoms with Gasteiger partial charge in [-0.05, 0) is 6.42 Å². The summed E-state index contributed by atoms with van der Waals surface area (Å²) in [5.41, 5.74) is 0.879. The van der Waals surface area contributed by atoms with E-state index in [1.165, 1.54) is 6.33 Å². The lowest BCUT2D eigenvalue weighted by atomic mass is 10.4. The minimum absolute atomic E-state index is 0.386. The van der Waals surface area contributed by atoms with Crippen LogP contribution >= 0.6 is 0 Å². The summed E-state index contributed by atoms with van der Waals surface area (Å²) in [6.07, 6.45) is 2.50. The predicted octanol–water partition coefficient (Wildman–Crippen LogP) is 0.468.